The smallest absolute Gasteiger partial charge is 0.150 e. The van der Waals surface area contributed by atoms with E-state index in [1.807, 2.05) is 12.3 Å². The van der Waals surface area contributed by atoms with Gasteiger partial charge >= 0.3 is 0 Å². The second-order valence-corrected chi connectivity index (χ2v) is 6.24. The normalized spacial score (nSPS) is 11.2. The van der Waals surface area contributed by atoms with Gasteiger partial charge in [-0.25, -0.2) is 4.98 Å². The Labute approximate surface area is 141 Å². The first-order valence-electron chi connectivity index (χ1n) is 8.19. The van der Waals surface area contributed by atoms with Gasteiger partial charge < -0.3 is 5.73 Å². The Kier molecular flexibility index (Phi) is 3.62. The molecule has 0 aliphatic rings. The fourth-order valence-corrected chi connectivity index (χ4v) is 3.13. The summed E-state index contributed by atoms with van der Waals surface area (Å²) >= 11 is 0. The highest BCUT2D eigenvalue weighted by molar-refractivity contribution is 6.08. The van der Waals surface area contributed by atoms with Crippen molar-refractivity contribution in [2.45, 2.75) is 19.8 Å². The van der Waals surface area contributed by atoms with Crippen molar-refractivity contribution >= 4 is 27.6 Å². The van der Waals surface area contributed by atoms with E-state index in [0.717, 1.165) is 34.6 Å². The molecule has 3 nitrogen and oxygen atoms in total. The predicted molar refractivity (Wildman–Crippen MR) is 100 cm³/mol. The van der Waals surface area contributed by atoms with Crippen LogP contribution in [0, 0.1) is 6.92 Å². The lowest BCUT2D eigenvalue weighted by Crippen LogP contribution is -1.98. The molecule has 2 heterocycles. The molecule has 3 heteroatoms. The van der Waals surface area contributed by atoms with Gasteiger partial charge in [-0.3, -0.25) is 4.98 Å². The molecule has 0 aliphatic carbocycles. The number of nitrogens with two attached hydrogens (primary N) is 1. The zero-order valence-corrected chi connectivity index (χ0v) is 13.7. The van der Waals surface area contributed by atoms with Crippen LogP contribution in [0.3, 0.4) is 0 Å². The molecule has 4 rings (SSSR count). The molecule has 2 aromatic heterocycles. The molecule has 0 aliphatic heterocycles. The van der Waals surface area contributed by atoms with E-state index in [0.29, 0.717) is 5.82 Å². The van der Waals surface area contributed by atoms with Crippen molar-refractivity contribution in [2.75, 3.05) is 5.73 Å². The molecule has 2 aromatic carbocycles. The number of nitrogens with zero attached hydrogens (tertiary/aromatic N) is 2. The van der Waals surface area contributed by atoms with Gasteiger partial charge in [-0.1, -0.05) is 42.5 Å². The molecular formula is C21H19N3. The Hall–Kier alpha value is -2.94. The predicted octanol–water partition coefficient (Wildman–Crippen LogP) is 4.46. The lowest BCUT2D eigenvalue weighted by molar-refractivity contribution is 0.955. The maximum Gasteiger partial charge on any atom is 0.150 e. The van der Waals surface area contributed by atoms with E-state index in [9.17, 15) is 0 Å². The van der Waals surface area contributed by atoms with E-state index in [4.69, 9.17) is 5.73 Å². The summed E-state index contributed by atoms with van der Waals surface area (Å²) in [5.41, 5.74) is 11.6. The number of fused-ring (bicyclic) bond motifs is 3. The van der Waals surface area contributed by atoms with Gasteiger partial charge in [0.05, 0.1) is 5.52 Å². The first-order valence-corrected chi connectivity index (χ1v) is 8.19. The Morgan fingerprint density at radius 1 is 0.875 bits per heavy atom. The average molecular weight is 313 g/mol. The highest BCUT2D eigenvalue weighted by atomic mass is 14.9. The van der Waals surface area contributed by atoms with Crippen molar-refractivity contribution in [3.05, 3.63) is 77.5 Å². The molecule has 2 N–H and O–H groups in total. The highest BCUT2D eigenvalue weighted by Gasteiger charge is 2.09. The van der Waals surface area contributed by atoms with Crippen LogP contribution < -0.4 is 5.73 Å². The second kappa shape index (κ2) is 5.93. The molecule has 0 radical (unpaired) electrons. The Bertz CT molecular complexity index is 1020. The maximum atomic E-state index is 6.11. The van der Waals surface area contributed by atoms with E-state index < -0.39 is 0 Å². The van der Waals surface area contributed by atoms with E-state index in [-0.39, 0.29) is 0 Å². The minimum atomic E-state index is 0.498. The number of aromatic nitrogens is 2. The van der Waals surface area contributed by atoms with Crippen molar-refractivity contribution in [1.29, 1.82) is 0 Å². The summed E-state index contributed by atoms with van der Waals surface area (Å²) in [7, 11) is 0. The summed E-state index contributed by atoms with van der Waals surface area (Å²) in [6.45, 7) is 2.07. The van der Waals surface area contributed by atoms with Crippen molar-refractivity contribution in [3.63, 3.8) is 0 Å². The Morgan fingerprint density at radius 2 is 1.67 bits per heavy atom. The molecule has 4 aromatic rings. The topological polar surface area (TPSA) is 51.8 Å². The van der Waals surface area contributed by atoms with Crippen LogP contribution in [0.4, 0.5) is 5.82 Å². The molecule has 0 saturated heterocycles. The molecule has 118 valence electrons. The first-order chi connectivity index (χ1) is 11.7. The summed E-state index contributed by atoms with van der Waals surface area (Å²) in [6, 6.07) is 19.0. The van der Waals surface area contributed by atoms with Gasteiger partial charge in [0.1, 0.15) is 5.52 Å². The standard InChI is InChI=1S/C21H19N3/c1-14-7-10-17-18-12-16(9-8-15-5-3-2-4-6-15)13-23-20(18)21(22)24-19(17)11-14/h2-7,10-13H,8-9H2,1H3,(H2,22,24). The molecule has 0 spiro atoms. The van der Waals surface area contributed by atoms with Crippen LogP contribution in [-0.4, -0.2) is 9.97 Å². The van der Waals surface area contributed by atoms with Gasteiger partial charge in [0.25, 0.3) is 0 Å². The number of aryl methyl sites for hydroxylation is 3. The first kappa shape index (κ1) is 14.6. The van der Waals surface area contributed by atoms with Gasteiger partial charge in [-0.05, 0) is 48.6 Å². The minimum Gasteiger partial charge on any atom is -0.382 e. The second-order valence-electron chi connectivity index (χ2n) is 6.24. The zero-order valence-electron chi connectivity index (χ0n) is 13.7. The number of hydrogen-bond donors (Lipinski definition) is 1. The molecule has 0 saturated carbocycles. The van der Waals surface area contributed by atoms with Gasteiger partial charge in [-0.2, -0.15) is 0 Å². The van der Waals surface area contributed by atoms with Crippen molar-refractivity contribution in [2.24, 2.45) is 0 Å². The number of rotatable bonds is 3. The third-order valence-corrected chi connectivity index (χ3v) is 4.42. The SMILES string of the molecule is Cc1ccc2c(c1)nc(N)c1ncc(CCc3ccccc3)cc12. The molecular weight excluding hydrogens is 294 g/mol. The summed E-state index contributed by atoms with van der Waals surface area (Å²) < 4.78 is 0. The lowest BCUT2D eigenvalue weighted by atomic mass is 10.0. The average Bonchev–Trinajstić information content (AvgIpc) is 2.60. The molecule has 0 atom stereocenters. The maximum absolute atomic E-state index is 6.11. The highest BCUT2D eigenvalue weighted by Crippen LogP contribution is 2.28. The molecule has 0 fully saturated rings. The van der Waals surface area contributed by atoms with Crippen LogP contribution in [0.2, 0.25) is 0 Å². The zero-order chi connectivity index (χ0) is 16.5. The quantitative estimate of drug-likeness (QED) is 0.568. The number of pyridine rings is 2. The van der Waals surface area contributed by atoms with Crippen LogP contribution in [0.1, 0.15) is 16.7 Å². The van der Waals surface area contributed by atoms with Gasteiger partial charge in [0.2, 0.25) is 0 Å². The third kappa shape index (κ3) is 2.69. The fraction of sp³-hybridized carbons (Fsp3) is 0.143. The van der Waals surface area contributed by atoms with Crippen LogP contribution in [0.15, 0.2) is 60.8 Å². The van der Waals surface area contributed by atoms with Gasteiger partial charge in [0, 0.05) is 17.0 Å². The van der Waals surface area contributed by atoms with Crippen LogP contribution in [-0.2, 0) is 12.8 Å². The van der Waals surface area contributed by atoms with E-state index in [2.05, 4.69) is 65.4 Å². The minimum absolute atomic E-state index is 0.498. The number of anilines is 1. The van der Waals surface area contributed by atoms with E-state index in [1.165, 1.54) is 16.7 Å². The molecule has 0 bridgehead atoms. The van der Waals surface area contributed by atoms with Crippen LogP contribution >= 0.6 is 0 Å². The molecule has 0 amide bonds. The van der Waals surface area contributed by atoms with Gasteiger partial charge in [0.15, 0.2) is 5.82 Å². The van der Waals surface area contributed by atoms with Crippen molar-refractivity contribution < 1.29 is 0 Å². The van der Waals surface area contributed by atoms with E-state index in [1.54, 1.807) is 0 Å². The third-order valence-electron chi connectivity index (χ3n) is 4.42. The lowest BCUT2D eigenvalue weighted by Gasteiger charge is -2.09. The summed E-state index contributed by atoms with van der Waals surface area (Å²) in [5, 5.41) is 2.20. The molecule has 24 heavy (non-hydrogen) atoms. The summed E-state index contributed by atoms with van der Waals surface area (Å²) in [4.78, 5) is 9.08. The van der Waals surface area contributed by atoms with Gasteiger partial charge in [-0.15, -0.1) is 0 Å². The fourth-order valence-electron chi connectivity index (χ4n) is 3.13. The van der Waals surface area contributed by atoms with Crippen LogP contribution in [0.25, 0.3) is 21.8 Å². The monoisotopic (exact) mass is 313 g/mol. The number of nitrogen functional groups attached to an aromatic ring is 1. The Morgan fingerprint density at radius 3 is 2.50 bits per heavy atom. The summed E-state index contributed by atoms with van der Waals surface area (Å²) in [6.07, 6.45) is 3.89. The molecule has 0 unspecified atom stereocenters. The van der Waals surface area contributed by atoms with Crippen molar-refractivity contribution in [3.8, 4) is 0 Å². The number of hydrogen-bond acceptors (Lipinski definition) is 3. The largest absolute Gasteiger partial charge is 0.382 e. The summed E-state index contributed by atoms with van der Waals surface area (Å²) in [5.74, 6) is 0.498. The Balaban J connectivity index is 1.77. The van der Waals surface area contributed by atoms with Crippen molar-refractivity contribution in [1.82, 2.24) is 9.97 Å². The number of benzene rings is 2. The van der Waals surface area contributed by atoms with Crippen LogP contribution in [0.5, 0.6) is 0 Å². The van der Waals surface area contributed by atoms with E-state index >= 15 is 0 Å².